The van der Waals surface area contributed by atoms with Crippen LogP contribution in [-0.2, 0) is 0 Å². The van der Waals surface area contributed by atoms with Gasteiger partial charge in [0.25, 0.3) is 0 Å². The van der Waals surface area contributed by atoms with E-state index >= 15 is 0 Å². The molecule has 110 valence electrons. The number of thiocarbonyl (C=S) groups is 1. The van der Waals surface area contributed by atoms with E-state index < -0.39 is 0 Å². The predicted octanol–water partition coefficient (Wildman–Crippen LogP) is 4.01. The van der Waals surface area contributed by atoms with Crippen LogP contribution in [0.3, 0.4) is 0 Å². The Kier molecular flexibility index (Phi) is 5.84. The summed E-state index contributed by atoms with van der Waals surface area (Å²) in [7, 11) is 0. The van der Waals surface area contributed by atoms with Crippen molar-refractivity contribution in [3.63, 3.8) is 0 Å². The molecule has 2 N–H and O–H groups in total. The van der Waals surface area contributed by atoms with Crippen LogP contribution >= 0.6 is 23.8 Å². The number of hydrogen-bond donors (Lipinski definition) is 2. The highest BCUT2D eigenvalue weighted by Gasteiger charge is 2.01. The third kappa shape index (κ3) is 5.25. The van der Waals surface area contributed by atoms with Gasteiger partial charge < -0.3 is 15.4 Å². The molecule has 0 aliphatic heterocycles. The zero-order chi connectivity index (χ0) is 15.1. The molecule has 0 aliphatic carbocycles. The van der Waals surface area contributed by atoms with Crippen molar-refractivity contribution in [2.45, 2.75) is 6.92 Å². The Balaban J connectivity index is 1.70. The summed E-state index contributed by atoms with van der Waals surface area (Å²) < 4.78 is 5.61. The van der Waals surface area contributed by atoms with Gasteiger partial charge in [0.1, 0.15) is 12.4 Å². The van der Waals surface area contributed by atoms with Crippen molar-refractivity contribution in [3.8, 4) is 5.75 Å². The molecule has 0 bridgehead atoms. The van der Waals surface area contributed by atoms with Gasteiger partial charge in [-0.2, -0.15) is 0 Å². The summed E-state index contributed by atoms with van der Waals surface area (Å²) in [4.78, 5) is 0. The molecule has 0 amide bonds. The zero-order valence-electron chi connectivity index (χ0n) is 11.7. The highest BCUT2D eigenvalue weighted by atomic mass is 35.5. The van der Waals surface area contributed by atoms with Crippen LogP contribution in [0.1, 0.15) is 5.56 Å². The summed E-state index contributed by atoms with van der Waals surface area (Å²) in [6.07, 6.45) is 0. The highest BCUT2D eigenvalue weighted by Crippen LogP contribution is 2.20. The van der Waals surface area contributed by atoms with E-state index in [1.54, 1.807) is 0 Å². The molecule has 0 spiro atoms. The van der Waals surface area contributed by atoms with Gasteiger partial charge in [0, 0.05) is 0 Å². The first-order valence-corrected chi connectivity index (χ1v) is 7.42. The number of para-hydroxylation sites is 1. The van der Waals surface area contributed by atoms with Gasteiger partial charge in [-0.15, -0.1) is 0 Å². The SMILES string of the molecule is Cc1ccc(OCCNC(=S)Nc2ccccc2Cl)cc1. The maximum Gasteiger partial charge on any atom is 0.170 e. The van der Waals surface area contributed by atoms with Crippen LogP contribution in [-0.4, -0.2) is 18.3 Å². The van der Waals surface area contributed by atoms with Gasteiger partial charge in [-0.25, -0.2) is 0 Å². The molecule has 5 heteroatoms. The van der Waals surface area contributed by atoms with Crippen molar-refractivity contribution < 1.29 is 4.74 Å². The Hall–Kier alpha value is -1.78. The number of rotatable bonds is 5. The van der Waals surface area contributed by atoms with Crippen LogP contribution in [0.5, 0.6) is 5.75 Å². The van der Waals surface area contributed by atoms with Gasteiger partial charge in [0.05, 0.1) is 17.3 Å². The third-order valence-electron chi connectivity index (χ3n) is 2.80. The molecule has 3 nitrogen and oxygen atoms in total. The lowest BCUT2D eigenvalue weighted by atomic mass is 10.2. The summed E-state index contributed by atoms with van der Waals surface area (Å²) in [6.45, 7) is 3.20. The Labute approximate surface area is 135 Å². The monoisotopic (exact) mass is 320 g/mol. The van der Waals surface area contributed by atoms with E-state index in [1.165, 1.54) is 5.56 Å². The normalized spacial score (nSPS) is 10.0. The summed E-state index contributed by atoms with van der Waals surface area (Å²) in [6, 6.07) is 15.4. The molecule has 0 radical (unpaired) electrons. The average molecular weight is 321 g/mol. The topological polar surface area (TPSA) is 33.3 Å². The molecule has 0 atom stereocenters. The maximum atomic E-state index is 6.05. The van der Waals surface area contributed by atoms with E-state index in [4.69, 9.17) is 28.6 Å². The third-order valence-corrected chi connectivity index (χ3v) is 3.38. The quantitative estimate of drug-likeness (QED) is 0.644. The predicted molar refractivity (Wildman–Crippen MR) is 92.3 cm³/mol. The van der Waals surface area contributed by atoms with Crippen molar-refractivity contribution in [2.24, 2.45) is 0 Å². The van der Waals surface area contributed by atoms with Crippen LogP contribution in [0.25, 0.3) is 0 Å². The van der Waals surface area contributed by atoms with Crippen molar-refractivity contribution >= 4 is 34.6 Å². The number of aryl methyl sites for hydroxylation is 1. The van der Waals surface area contributed by atoms with Crippen LogP contribution < -0.4 is 15.4 Å². The second-order valence-corrected chi connectivity index (χ2v) is 5.34. The molecule has 0 saturated carbocycles. The minimum atomic E-state index is 0.524. The molecule has 2 aromatic rings. The lowest BCUT2D eigenvalue weighted by Gasteiger charge is -2.12. The van der Waals surface area contributed by atoms with Crippen molar-refractivity contribution in [1.29, 1.82) is 0 Å². The average Bonchev–Trinajstić information content (AvgIpc) is 2.48. The molecule has 0 heterocycles. The summed E-state index contributed by atoms with van der Waals surface area (Å²) in [5, 5.41) is 7.29. The van der Waals surface area contributed by atoms with Crippen LogP contribution in [0.2, 0.25) is 5.02 Å². The molecule has 2 aromatic carbocycles. The fraction of sp³-hybridized carbons (Fsp3) is 0.188. The Morgan fingerprint density at radius 1 is 1.14 bits per heavy atom. The molecule has 0 unspecified atom stereocenters. The van der Waals surface area contributed by atoms with Gasteiger partial charge in [0.15, 0.2) is 5.11 Å². The molecule has 21 heavy (non-hydrogen) atoms. The summed E-state index contributed by atoms with van der Waals surface area (Å²) in [5.41, 5.74) is 2.00. The Morgan fingerprint density at radius 3 is 2.57 bits per heavy atom. The summed E-state index contributed by atoms with van der Waals surface area (Å²) in [5.74, 6) is 0.854. The first kappa shape index (κ1) is 15.6. The standard InChI is InChI=1S/C16H17ClN2OS/c1-12-6-8-13(9-7-12)20-11-10-18-16(21)19-15-5-3-2-4-14(15)17/h2-9H,10-11H2,1H3,(H2,18,19,21). The van der Waals surface area contributed by atoms with E-state index in [1.807, 2.05) is 55.5 Å². The highest BCUT2D eigenvalue weighted by molar-refractivity contribution is 7.80. The summed E-state index contributed by atoms with van der Waals surface area (Å²) >= 11 is 11.3. The van der Waals surface area contributed by atoms with E-state index in [-0.39, 0.29) is 0 Å². The second kappa shape index (κ2) is 7.86. The van der Waals surface area contributed by atoms with Crippen molar-refractivity contribution in [2.75, 3.05) is 18.5 Å². The van der Waals surface area contributed by atoms with Crippen molar-refractivity contribution in [3.05, 3.63) is 59.1 Å². The van der Waals surface area contributed by atoms with E-state index in [0.717, 1.165) is 11.4 Å². The van der Waals surface area contributed by atoms with Gasteiger partial charge in [0.2, 0.25) is 0 Å². The molecule has 0 fully saturated rings. The zero-order valence-corrected chi connectivity index (χ0v) is 13.3. The molecule has 0 aliphatic rings. The first-order valence-electron chi connectivity index (χ1n) is 6.64. The van der Waals surface area contributed by atoms with E-state index in [9.17, 15) is 0 Å². The van der Waals surface area contributed by atoms with Crippen molar-refractivity contribution in [1.82, 2.24) is 5.32 Å². The Bertz CT molecular complexity index is 601. The fourth-order valence-corrected chi connectivity index (χ4v) is 2.09. The number of nitrogens with one attached hydrogen (secondary N) is 2. The lowest BCUT2D eigenvalue weighted by molar-refractivity contribution is 0.322. The minimum absolute atomic E-state index is 0.524. The van der Waals surface area contributed by atoms with Gasteiger partial charge in [-0.1, -0.05) is 41.4 Å². The molecular weight excluding hydrogens is 304 g/mol. The first-order chi connectivity index (χ1) is 10.1. The minimum Gasteiger partial charge on any atom is -0.492 e. The smallest absolute Gasteiger partial charge is 0.170 e. The molecule has 0 saturated heterocycles. The van der Waals surface area contributed by atoms with E-state index in [2.05, 4.69) is 10.6 Å². The lowest BCUT2D eigenvalue weighted by Crippen LogP contribution is -2.32. The molecule has 0 aromatic heterocycles. The van der Waals surface area contributed by atoms with Gasteiger partial charge >= 0.3 is 0 Å². The van der Waals surface area contributed by atoms with Gasteiger partial charge in [-0.3, -0.25) is 0 Å². The number of anilines is 1. The van der Waals surface area contributed by atoms with E-state index in [0.29, 0.717) is 23.3 Å². The largest absolute Gasteiger partial charge is 0.492 e. The number of benzene rings is 2. The molecular formula is C16H17ClN2OS. The molecule has 2 rings (SSSR count). The van der Waals surface area contributed by atoms with Crippen LogP contribution in [0.4, 0.5) is 5.69 Å². The van der Waals surface area contributed by atoms with Gasteiger partial charge in [-0.05, 0) is 43.4 Å². The fourth-order valence-electron chi connectivity index (χ4n) is 1.70. The van der Waals surface area contributed by atoms with Crippen LogP contribution in [0.15, 0.2) is 48.5 Å². The Morgan fingerprint density at radius 2 is 1.86 bits per heavy atom. The number of ether oxygens (including phenoxy) is 1. The second-order valence-electron chi connectivity index (χ2n) is 4.52. The number of hydrogen-bond acceptors (Lipinski definition) is 2. The van der Waals surface area contributed by atoms with Crippen LogP contribution in [0, 0.1) is 6.92 Å². The number of halogens is 1. The maximum absolute atomic E-state index is 6.05.